The Balaban J connectivity index is 2.41. The standard InChI is InChI=1S/C15H17N3O3/c1-3-16-14(19)9(2)17-13-11-7-5-4-6-10(11)8-12(18-13)15(20)21/h4-9H,3H2,1-2H3,(H,16,19)(H,17,18)(H,20,21). The van der Waals surface area contributed by atoms with Gasteiger partial charge in [0.1, 0.15) is 11.9 Å². The van der Waals surface area contributed by atoms with Crippen molar-refractivity contribution in [3.63, 3.8) is 0 Å². The summed E-state index contributed by atoms with van der Waals surface area (Å²) in [6.45, 7) is 4.08. The first-order chi connectivity index (χ1) is 10.0. The number of anilines is 1. The molecule has 21 heavy (non-hydrogen) atoms. The van der Waals surface area contributed by atoms with Gasteiger partial charge in [-0.3, -0.25) is 4.79 Å². The molecule has 1 atom stereocenters. The third-order valence-corrected chi connectivity index (χ3v) is 3.06. The molecule has 110 valence electrons. The maximum atomic E-state index is 11.8. The van der Waals surface area contributed by atoms with Crippen molar-refractivity contribution >= 4 is 28.5 Å². The highest BCUT2D eigenvalue weighted by atomic mass is 16.4. The lowest BCUT2D eigenvalue weighted by Crippen LogP contribution is -2.37. The molecule has 0 aliphatic carbocycles. The van der Waals surface area contributed by atoms with E-state index in [0.717, 1.165) is 10.8 Å². The molecular formula is C15H17N3O3. The van der Waals surface area contributed by atoms with Crippen LogP contribution in [0.2, 0.25) is 0 Å². The van der Waals surface area contributed by atoms with Gasteiger partial charge in [0.2, 0.25) is 5.91 Å². The van der Waals surface area contributed by atoms with Crippen LogP contribution in [-0.4, -0.2) is 34.6 Å². The number of carbonyl (C=O) groups is 2. The molecule has 0 radical (unpaired) electrons. The second-order valence-electron chi connectivity index (χ2n) is 4.64. The van der Waals surface area contributed by atoms with Crippen LogP contribution in [0.1, 0.15) is 24.3 Å². The second-order valence-corrected chi connectivity index (χ2v) is 4.64. The number of aromatic carboxylic acids is 1. The van der Waals surface area contributed by atoms with Crippen molar-refractivity contribution in [2.45, 2.75) is 19.9 Å². The molecule has 0 saturated heterocycles. The average Bonchev–Trinajstić information content (AvgIpc) is 2.47. The molecule has 6 nitrogen and oxygen atoms in total. The second kappa shape index (κ2) is 6.21. The molecule has 0 bridgehead atoms. The molecule has 6 heteroatoms. The van der Waals surface area contributed by atoms with Crippen LogP contribution >= 0.6 is 0 Å². The summed E-state index contributed by atoms with van der Waals surface area (Å²) in [5.74, 6) is -0.872. The highest BCUT2D eigenvalue weighted by Gasteiger charge is 2.16. The van der Waals surface area contributed by atoms with Crippen LogP contribution in [0.4, 0.5) is 5.82 Å². The van der Waals surface area contributed by atoms with E-state index in [1.807, 2.05) is 31.2 Å². The quantitative estimate of drug-likeness (QED) is 0.781. The fraction of sp³-hybridized carbons (Fsp3) is 0.267. The molecule has 0 saturated carbocycles. The lowest BCUT2D eigenvalue weighted by molar-refractivity contribution is -0.121. The number of benzene rings is 1. The molecule has 2 aromatic rings. The molecule has 1 aromatic heterocycles. The van der Waals surface area contributed by atoms with E-state index < -0.39 is 12.0 Å². The number of carbonyl (C=O) groups excluding carboxylic acids is 1. The van der Waals surface area contributed by atoms with Gasteiger partial charge < -0.3 is 15.7 Å². The van der Waals surface area contributed by atoms with Gasteiger partial charge in [-0.05, 0) is 25.3 Å². The lowest BCUT2D eigenvalue weighted by atomic mass is 10.1. The maximum absolute atomic E-state index is 11.8. The summed E-state index contributed by atoms with van der Waals surface area (Å²) < 4.78 is 0. The molecule has 1 heterocycles. The van der Waals surface area contributed by atoms with E-state index in [0.29, 0.717) is 12.4 Å². The zero-order valence-corrected chi connectivity index (χ0v) is 11.9. The smallest absolute Gasteiger partial charge is 0.354 e. The SMILES string of the molecule is CCNC(=O)C(C)Nc1nc(C(=O)O)cc2ccccc12. The largest absolute Gasteiger partial charge is 0.477 e. The highest BCUT2D eigenvalue weighted by Crippen LogP contribution is 2.23. The first kappa shape index (κ1) is 14.8. The van der Waals surface area contributed by atoms with Crippen molar-refractivity contribution in [2.75, 3.05) is 11.9 Å². The van der Waals surface area contributed by atoms with Gasteiger partial charge in [-0.2, -0.15) is 0 Å². The minimum Gasteiger partial charge on any atom is -0.477 e. The molecule has 0 aliphatic rings. The van der Waals surface area contributed by atoms with Gasteiger partial charge in [0.15, 0.2) is 5.69 Å². The number of amides is 1. The summed E-state index contributed by atoms with van der Waals surface area (Å²) in [7, 11) is 0. The Kier molecular flexibility index (Phi) is 4.37. The fourth-order valence-electron chi connectivity index (χ4n) is 2.02. The van der Waals surface area contributed by atoms with E-state index in [4.69, 9.17) is 5.11 Å². The number of likely N-dealkylation sites (N-methyl/N-ethyl adjacent to an activating group) is 1. The molecule has 1 aromatic carbocycles. The number of hydrogen-bond acceptors (Lipinski definition) is 4. The monoisotopic (exact) mass is 287 g/mol. The minimum absolute atomic E-state index is 0.0562. The number of nitrogens with zero attached hydrogens (tertiary/aromatic N) is 1. The van der Waals surface area contributed by atoms with Crippen LogP contribution in [0.15, 0.2) is 30.3 Å². The Morgan fingerprint density at radius 3 is 2.71 bits per heavy atom. The topological polar surface area (TPSA) is 91.3 Å². The summed E-state index contributed by atoms with van der Waals surface area (Å²) in [6.07, 6.45) is 0. The summed E-state index contributed by atoms with van der Waals surface area (Å²) in [5, 5.41) is 16.3. The van der Waals surface area contributed by atoms with Gasteiger partial charge in [0, 0.05) is 11.9 Å². The summed E-state index contributed by atoms with van der Waals surface area (Å²) >= 11 is 0. The van der Waals surface area contributed by atoms with Crippen molar-refractivity contribution in [3.8, 4) is 0 Å². The van der Waals surface area contributed by atoms with Crippen LogP contribution < -0.4 is 10.6 Å². The van der Waals surface area contributed by atoms with Crippen LogP contribution in [0.25, 0.3) is 10.8 Å². The van der Waals surface area contributed by atoms with Crippen LogP contribution in [0.5, 0.6) is 0 Å². The third kappa shape index (κ3) is 3.28. The van der Waals surface area contributed by atoms with Crippen molar-refractivity contribution in [3.05, 3.63) is 36.0 Å². The van der Waals surface area contributed by atoms with E-state index >= 15 is 0 Å². The third-order valence-electron chi connectivity index (χ3n) is 3.06. The number of fused-ring (bicyclic) bond motifs is 1. The number of pyridine rings is 1. The number of hydrogen-bond donors (Lipinski definition) is 3. The fourth-order valence-corrected chi connectivity index (χ4v) is 2.02. The van der Waals surface area contributed by atoms with E-state index in [9.17, 15) is 9.59 Å². The molecule has 3 N–H and O–H groups in total. The highest BCUT2D eigenvalue weighted by molar-refractivity contribution is 5.98. The minimum atomic E-state index is -1.10. The van der Waals surface area contributed by atoms with Crippen molar-refractivity contribution in [1.82, 2.24) is 10.3 Å². The van der Waals surface area contributed by atoms with E-state index in [1.165, 1.54) is 6.07 Å². The number of carboxylic acid groups (broad SMARTS) is 1. The molecule has 1 amide bonds. The van der Waals surface area contributed by atoms with Gasteiger partial charge in [-0.1, -0.05) is 24.3 Å². The molecule has 0 fully saturated rings. The number of carboxylic acids is 1. The van der Waals surface area contributed by atoms with Crippen molar-refractivity contribution in [2.24, 2.45) is 0 Å². The molecule has 1 unspecified atom stereocenters. The lowest BCUT2D eigenvalue weighted by Gasteiger charge is -2.16. The van der Waals surface area contributed by atoms with Gasteiger partial charge in [0.05, 0.1) is 0 Å². The summed E-state index contributed by atoms with van der Waals surface area (Å²) in [4.78, 5) is 27.0. The molecule has 0 spiro atoms. The Labute approximate surface area is 122 Å². The average molecular weight is 287 g/mol. The maximum Gasteiger partial charge on any atom is 0.354 e. The van der Waals surface area contributed by atoms with Crippen molar-refractivity contribution < 1.29 is 14.7 Å². The van der Waals surface area contributed by atoms with Gasteiger partial charge in [-0.15, -0.1) is 0 Å². The molecule has 0 aliphatic heterocycles. The van der Waals surface area contributed by atoms with E-state index in [1.54, 1.807) is 6.92 Å². The first-order valence-electron chi connectivity index (χ1n) is 6.70. The normalized spacial score (nSPS) is 11.9. The van der Waals surface area contributed by atoms with Crippen LogP contribution in [0.3, 0.4) is 0 Å². The van der Waals surface area contributed by atoms with Crippen LogP contribution in [-0.2, 0) is 4.79 Å². The Morgan fingerprint density at radius 1 is 1.33 bits per heavy atom. The number of nitrogens with one attached hydrogen (secondary N) is 2. The zero-order valence-electron chi connectivity index (χ0n) is 11.9. The van der Waals surface area contributed by atoms with Gasteiger partial charge in [0.25, 0.3) is 0 Å². The van der Waals surface area contributed by atoms with Crippen LogP contribution in [0, 0.1) is 0 Å². The van der Waals surface area contributed by atoms with Gasteiger partial charge in [-0.25, -0.2) is 9.78 Å². The number of aromatic nitrogens is 1. The summed E-state index contributed by atoms with van der Waals surface area (Å²) in [5.41, 5.74) is -0.0562. The Bertz CT molecular complexity index is 685. The number of rotatable bonds is 5. The predicted molar refractivity (Wildman–Crippen MR) is 80.5 cm³/mol. The van der Waals surface area contributed by atoms with Gasteiger partial charge >= 0.3 is 5.97 Å². The van der Waals surface area contributed by atoms with E-state index in [-0.39, 0.29) is 11.6 Å². The molecule has 2 rings (SSSR count). The zero-order chi connectivity index (χ0) is 15.4. The first-order valence-corrected chi connectivity index (χ1v) is 6.70. The van der Waals surface area contributed by atoms with E-state index in [2.05, 4.69) is 15.6 Å². The Morgan fingerprint density at radius 2 is 2.05 bits per heavy atom. The predicted octanol–water partition coefficient (Wildman–Crippen LogP) is 1.87. The van der Waals surface area contributed by atoms with Crippen molar-refractivity contribution in [1.29, 1.82) is 0 Å². The Hall–Kier alpha value is -2.63. The molecular weight excluding hydrogens is 270 g/mol. The summed E-state index contributed by atoms with van der Waals surface area (Å²) in [6, 6.07) is 8.31.